The molecule has 2 aliphatic rings. The van der Waals surface area contributed by atoms with Crippen LogP contribution in [0.5, 0.6) is 5.75 Å². The molecule has 3 unspecified atom stereocenters. The molecule has 2 bridgehead atoms. The van der Waals surface area contributed by atoms with E-state index in [0.717, 1.165) is 11.3 Å². The summed E-state index contributed by atoms with van der Waals surface area (Å²) >= 11 is 0. The molecule has 29 heavy (non-hydrogen) atoms. The van der Waals surface area contributed by atoms with Crippen molar-refractivity contribution in [1.82, 2.24) is 10.6 Å². The molecule has 3 atom stereocenters. The molecule has 158 valence electrons. The van der Waals surface area contributed by atoms with Crippen LogP contribution in [0.3, 0.4) is 0 Å². The first-order valence-electron chi connectivity index (χ1n) is 9.52. The molecule has 0 amide bonds. The Kier molecular flexibility index (Phi) is 6.09. The van der Waals surface area contributed by atoms with Gasteiger partial charge in [-0.3, -0.25) is 14.9 Å². The number of carbonyl (C=O) groups excluding carboxylic acids is 1. The number of rotatable bonds is 8. The molecule has 1 aromatic carbocycles. The van der Waals surface area contributed by atoms with Gasteiger partial charge < -0.3 is 24.8 Å². The van der Waals surface area contributed by atoms with Gasteiger partial charge in [0.1, 0.15) is 17.5 Å². The SMILES string of the molecule is COc1ccc(CCNC2=C([N+](=O)[O-])C3CC(=O)C(C)C(N2)C3(OC)OC)cc1. The molecule has 1 aromatic rings. The lowest BCUT2D eigenvalue weighted by Crippen LogP contribution is -2.69. The lowest BCUT2D eigenvalue weighted by Gasteiger charge is -2.51. The normalized spacial score (nSPS) is 25.4. The number of hydrogen-bond acceptors (Lipinski definition) is 8. The van der Waals surface area contributed by atoms with Crippen molar-refractivity contribution >= 4 is 5.78 Å². The molecule has 0 saturated heterocycles. The van der Waals surface area contributed by atoms with Crippen LogP contribution in [-0.2, 0) is 20.7 Å². The highest BCUT2D eigenvalue weighted by Crippen LogP contribution is 2.46. The van der Waals surface area contributed by atoms with Crippen molar-refractivity contribution in [3.8, 4) is 5.75 Å². The third-order valence-corrected chi connectivity index (χ3v) is 5.93. The fourth-order valence-corrected chi connectivity index (χ4v) is 4.30. The van der Waals surface area contributed by atoms with Gasteiger partial charge in [-0.2, -0.15) is 0 Å². The minimum atomic E-state index is -1.27. The van der Waals surface area contributed by atoms with Crippen LogP contribution < -0.4 is 15.4 Å². The summed E-state index contributed by atoms with van der Waals surface area (Å²) < 4.78 is 16.4. The van der Waals surface area contributed by atoms with Crippen LogP contribution in [0.4, 0.5) is 0 Å². The molecule has 9 nitrogen and oxygen atoms in total. The Bertz CT molecular complexity index is 803. The predicted octanol–water partition coefficient (Wildman–Crippen LogP) is 1.46. The minimum Gasteiger partial charge on any atom is -0.497 e. The van der Waals surface area contributed by atoms with E-state index in [2.05, 4.69) is 10.6 Å². The van der Waals surface area contributed by atoms with E-state index in [-0.39, 0.29) is 17.9 Å². The summed E-state index contributed by atoms with van der Waals surface area (Å²) in [6, 6.07) is 7.12. The molecule has 0 aromatic heterocycles. The summed E-state index contributed by atoms with van der Waals surface area (Å²) in [4.78, 5) is 23.9. The quantitative estimate of drug-likeness (QED) is 0.380. The first-order valence-corrected chi connectivity index (χ1v) is 9.52. The number of Topliss-reactive ketones (excluding diaryl/α,β-unsaturated/α-hetero) is 1. The first-order chi connectivity index (χ1) is 13.9. The van der Waals surface area contributed by atoms with Crippen molar-refractivity contribution in [1.29, 1.82) is 0 Å². The molecule has 0 radical (unpaired) electrons. The highest BCUT2D eigenvalue weighted by molar-refractivity contribution is 5.83. The van der Waals surface area contributed by atoms with E-state index in [1.807, 2.05) is 24.3 Å². The van der Waals surface area contributed by atoms with Gasteiger partial charge >= 0.3 is 0 Å². The third kappa shape index (κ3) is 3.67. The number of fused-ring (bicyclic) bond motifs is 2. The van der Waals surface area contributed by atoms with Crippen LogP contribution in [0.1, 0.15) is 18.9 Å². The molecule has 1 aliphatic carbocycles. The van der Waals surface area contributed by atoms with Gasteiger partial charge in [-0.05, 0) is 24.1 Å². The van der Waals surface area contributed by atoms with Crippen LogP contribution in [0.2, 0.25) is 0 Å². The second-order valence-electron chi connectivity index (χ2n) is 7.31. The second-order valence-corrected chi connectivity index (χ2v) is 7.31. The number of benzene rings is 1. The van der Waals surface area contributed by atoms with Crippen molar-refractivity contribution in [2.45, 2.75) is 31.6 Å². The number of methoxy groups -OCH3 is 3. The van der Waals surface area contributed by atoms with Gasteiger partial charge in [-0.25, -0.2) is 0 Å². The number of ketones is 1. The molecule has 2 N–H and O–H groups in total. The Hall–Kier alpha value is -2.65. The third-order valence-electron chi connectivity index (χ3n) is 5.93. The maximum Gasteiger partial charge on any atom is 0.294 e. The lowest BCUT2D eigenvalue weighted by molar-refractivity contribution is -0.451. The van der Waals surface area contributed by atoms with Crippen molar-refractivity contribution in [2.24, 2.45) is 11.8 Å². The number of nitrogens with one attached hydrogen (secondary N) is 2. The Morgan fingerprint density at radius 1 is 1.24 bits per heavy atom. The largest absolute Gasteiger partial charge is 0.497 e. The Morgan fingerprint density at radius 2 is 1.90 bits per heavy atom. The Labute approximate surface area is 169 Å². The molecule has 1 fully saturated rings. The van der Waals surface area contributed by atoms with E-state index in [9.17, 15) is 14.9 Å². The molecule has 9 heteroatoms. The molecule has 3 rings (SSSR count). The van der Waals surface area contributed by atoms with E-state index in [4.69, 9.17) is 14.2 Å². The van der Waals surface area contributed by atoms with Gasteiger partial charge in [-0.1, -0.05) is 19.1 Å². The average molecular weight is 405 g/mol. The summed E-state index contributed by atoms with van der Waals surface area (Å²) in [5, 5.41) is 18.2. The highest BCUT2D eigenvalue weighted by Gasteiger charge is 2.63. The fraction of sp³-hybridized carbons (Fsp3) is 0.550. The zero-order valence-electron chi connectivity index (χ0n) is 17.1. The molecular weight excluding hydrogens is 378 g/mol. The van der Waals surface area contributed by atoms with Gasteiger partial charge in [0.05, 0.1) is 18.1 Å². The van der Waals surface area contributed by atoms with Crippen molar-refractivity contribution in [2.75, 3.05) is 27.9 Å². The zero-order chi connectivity index (χ0) is 21.2. The van der Waals surface area contributed by atoms with E-state index >= 15 is 0 Å². The maximum atomic E-state index is 12.4. The van der Waals surface area contributed by atoms with Crippen LogP contribution in [0.25, 0.3) is 0 Å². The number of nitro groups is 1. The fourth-order valence-electron chi connectivity index (χ4n) is 4.30. The van der Waals surface area contributed by atoms with Crippen molar-refractivity contribution in [3.63, 3.8) is 0 Å². The van der Waals surface area contributed by atoms with Crippen LogP contribution in [0.15, 0.2) is 35.8 Å². The molecule has 1 saturated carbocycles. The summed E-state index contributed by atoms with van der Waals surface area (Å²) in [6.45, 7) is 2.27. The maximum absolute atomic E-state index is 12.4. The summed E-state index contributed by atoms with van der Waals surface area (Å²) in [6.07, 6.45) is 0.671. The van der Waals surface area contributed by atoms with Crippen molar-refractivity contribution < 1.29 is 23.9 Å². The van der Waals surface area contributed by atoms with Gasteiger partial charge in [0, 0.05) is 33.1 Å². The minimum absolute atomic E-state index is 0.000992. The number of nitrogens with zero attached hydrogens (tertiary/aromatic N) is 1. The molecule has 0 spiro atoms. The van der Waals surface area contributed by atoms with Crippen LogP contribution >= 0.6 is 0 Å². The first kappa shape index (κ1) is 21.1. The number of ether oxygens (including phenoxy) is 3. The molecule has 1 heterocycles. The molecular formula is C20H27N3O6. The second kappa shape index (κ2) is 8.38. The number of hydrogen-bond donors (Lipinski definition) is 2. The average Bonchev–Trinajstić information content (AvgIpc) is 2.72. The predicted molar refractivity (Wildman–Crippen MR) is 105 cm³/mol. The lowest BCUT2D eigenvalue weighted by atomic mass is 9.69. The topological polar surface area (TPSA) is 112 Å². The summed E-state index contributed by atoms with van der Waals surface area (Å²) in [7, 11) is 4.51. The van der Waals surface area contributed by atoms with E-state index in [1.54, 1.807) is 14.0 Å². The van der Waals surface area contributed by atoms with Gasteiger partial charge in [-0.15, -0.1) is 0 Å². The Balaban J connectivity index is 1.84. The molecule has 1 aliphatic heterocycles. The van der Waals surface area contributed by atoms with E-state index < -0.39 is 28.6 Å². The van der Waals surface area contributed by atoms with E-state index in [1.165, 1.54) is 14.2 Å². The standard InChI is InChI=1S/C20H27N3O6/c1-12-16(24)11-15-17(23(25)26)19(22-18(12)20(15,28-3)29-4)21-10-9-13-5-7-14(27-2)8-6-13/h5-8,12,15,18,21-22H,9-11H2,1-4H3. The van der Waals surface area contributed by atoms with Gasteiger partial charge in [0.2, 0.25) is 5.79 Å². The van der Waals surface area contributed by atoms with Crippen molar-refractivity contribution in [3.05, 3.63) is 51.5 Å². The van der Waals surface area contributed by atoms with Crippen LogP contribution in [0, 0.1) is 22.0 Å². The van der Waals surface area contributed by atoms with Crippen LogP contribution in [-0.4, -0.2) is 50.4 Å². The van der Waals surface area contributed by atoms with Gasteiger partial charge in [0.25, 0.3) is 5.70 Å². The zero-order valence-corrected chi connectivity index (χ0v) is 17.1. The highest BCUT2D eigenvalue weighted by atomic mass is 16.7. The smallest absolute Gasteiger partial charge is 0.294 e. The monoisotopic (exact) mass is 405 g/mol. The Morgan fingerprint density at radius 3 is 2.45 bits per heavy atom. The summed E-state index contributed by atoms with van der Waals surface area (Å²) in [5.74, 6) is -1.42. The summed E-state index contributed by atoms with van der Waals surface area (Å²) in [5.41, 5.74) is 0.962. The van der Waals surface area contributed by atoms with E-state index in [0.29, 0.717) is 18.8 Å². The van der Waals surface area contributed by atoms with Gasteiger partial charge in [0.15, 0.2) is 5.82 Å². The number of carbonyl (C=O) groups is 1.